The van der Waals surface area contributed by atoms with Crippen LogP contribution in [0.5, 0.6) is 0 Å². The van der Waals surface area contributed by atoms with Crippen molar-refractivity contribution in [2.24, 2.45) is 0 Å². The first-order valence-corrected chi connectivity index (χ1v) is 5.71. The number of halogens is 2. The molecule has 0 fully saturated rings. The summed E-state index contributed by atoms with van der Waals surface area (Å²) >= 11 is 0. The molecule has 0 saturated heterocycles. The Morgan fingerprint density at radius 2 is 1.81 bits per heavy atom. The van der Waals surface area contributed by atoms with E-state index in [9.17, 15) is 8.78 Å². The average Bonchev–Trinajstić information content (AvgIpc) is 2.29. The lowest BCUT2D eigenvalue weighted by molar-refractivity contribution is 0.0279. The van der Waals surface area contributed by atoms with Gasteiger partial charge in [0.15, 0.2) is 0 Å². The number of benzene rings is 1. The van der Waals surface area contributed by atoms with Crippen LogP contribution in [0.15, 0.2) is 30.3 Å². The third-order valence-corrected chi connectivity index (χ3v) is 2.94. The maximum atomic E-state index is 13.2. The van der Waals surface area contributed by atoms with Crippen LogP contribution >= 0.6 is 0 Å². The molecule has 0 aliphatic carbocycles. The van der Waals surface area contributed by atoms with Crippen molar-refractivity contribution in [2.75, 3.05) is 6.54 Å². The van der Waals surface area contributed by atoms with Crippen LogP contribution in [0.25, 0.3) is 0 Å². The van der Waals surface area contributed by atoms with E-state index in [0.29, 0.717) is 19.4 Å². The first-order chi connectivity index (χ1) is 7.64. The Morgan fingerprint density at radius 3 is 2.25 bits per heavy atom. The predicted molar refractivity (Wildman–Crippen MR) is 62.8 cm³/mol. The summed E-state index contributed by atoms with van der Waals surface area (Å²) in [6, 6.07) is 9.45. The second kappa shape index (κ2) is 5.94. The van der Waals surface area contributed by atoms with Gasteiger partial charge in [-0.3, -0.25) is 0 Å². The lowest BCUT2D eigenvalue weighted by Crippen LogP contribution is -2.52. The fraction of sp³-hybridized carbons (Fsp3) is 0.538. The summed E-state index contributed by atoms with van der Waals surface area (Å²) in [5.41, 5.74) is -0.138. The van der Waals surface area contributed by atoms with Crippen molar-refractivity contribution in [1.29, 1.82) is 0 Å². The standard InChI is InChI=1S/C13H19F2N/c1-3-13(12(14)15,16-4-2)10-11-8-6-5-7-9-11/h5-9,12,16H,3-4,10H2,1-2H3. The molecule has 0 radical (unpaired) electrons. The van der Waals surface area contributed by atoms with Gasteiger partial charge in [-0.2, -0.15) is 0 Å². The van der Waals surface area contributed by atoms with Gasteiger partial charge in [-0.25, -0.2) is 8.78 Å². The second-order valence-corrected chi connectivity index (χ2v) is 4.00. The summed E-state index contributed by atoms with van der Waals surface area (Å²) in [6.07, 6.45) is -1.55. The van der Waals surface area contributed by atoms with E-state index in [0.717, 1.165) is 5.56 Å². The lowest BCUT2D eigenvalue weighted by Gasteiger charge is -2.33. The Labute approximate surface area is 95.9 Å². The van der Waals surface area contributed by atoms with E-state index in [1.807, 2.05) is 37.3 Å². The number of nitrogens with one attached hydrogen (secondary N) is 1. The zero-order valence-electron chi connectivity index (χ0n) is 9.84. The molecule has 1 unspecified atom stereocenters. The summed E-state index contributed by atoms with van der Waals surface area (Å²) in [5.74, 6) is 0. The molecule has 0 bridgehead atoms. The van der Waals surface area contributed by atoms with Crippen molar-refractivity contribution < 1.29 is 8.78 Å². The summed E-state index contributed by atoms with van der Waals surface area (Å²) < 4.78 is 26.3. The third-order valence-electron chi connectivity index (χ3n) is 2.94. The van der Waals surface area contributed by atoms with Gasteiger partial charge in [-0.15, -0.1) is 0 Å². The molecule has 1 rings (SSSR count). The Balaban J connectivity index is 2.85. The molecule has 0 spiro atoms. The van der Waals surface area contributed by atoms with Crippen LogP contribution < -0.4 is 5.32 Å². The molecule has 0 aliphatic heterocycles. The zero-order chi connectivity index (χ0) is 12.0. The van der Waals surface area contributed by atoms with Gasteiger partial charge in [0, 0.05) is 0 Å². The molecule has 1 N–H and O–H groups in total. The number of likely N-dealkylation sites (N-methyl/N-ethyl adjacent to an activating group) is 1. The molecule has 0 amide bonds. The number of hydrogen-bond acceptors (Lipinski definition) is 1. The van der Waals surface area contributed by atoms with E-state index in [1.165, 1.54) is 0 Å². The van der Waals surface area contributed by atoms with Gasteiger partial charge in [0.1, 0.15) is 0 Å². The van der Waals surface area contributed by atoms with E-state index < -0.39 is 12.0 Å². The normalized spacial score (nSPS) is 15.1. The van der Waals surface area contributed by atoms with Crippen LogP contribution in [0.2, 0.25) is 0 Å². The molecular formula is C13H19F2N. The van der Waals surface area contributed by atoms with Crippen LogP contribution in [-0.2, 0) is 6.42 Å². The molecule has 0 aliphatic rings. The average molecular weight is 227 g/mol. The molecule has 0 saturated carbocycles. The van der Waals surface area contributed by atoms with Crippen molar-refractivity contribution in [3.05, 3.63) is 35.9 Å². The second-order valence-electron chi connectivity index (χ2n) is 4.00. The molecule has 0 heterocycles. The van der Waals surface area contributed by atoms with Gasteiger partial charge < -0.3 is 5.32 Å². The molecule has 1 nitrogen and oxygen atoms in total. The van der Waals surface area contributed by atoms with E-state index in [4.69, 9.17) is 0 Å². The van der Waals surface area contributed by atoms with Crippen molar-refractivity contribution in [1.82, 2.24) is 5.32 Å². The monoisotopic (exact) mass is 227 g/mol. The smallest absolute Gasteiger partial charge is 0.256 e. The van der Waals surface area contributed by atoms with Gasteiger partial charge in [-0.1, -0.05) is 44.2 Å². The van der Waals surface area contributed by atoms with Crippen molar-refractivity contribution >= 4 is 0 Å². The number of alkyl halides is 2. The Morgan fingerprint density at radius 1 is 1.19 bits per heavy atom. The molecule has 1 aromatic rings. The topological polar surface area (TPSA) is 12.0 Å². The van der Waals surface area contributed by atoms with E-state index in [2.05, 4.69) is 5.32 Å². The summed E-state index contributed by atoms with van der Waals surface area (Å²) in [6.45, 7) is 4.22. The van der Waals surface area contributed by atoms with Crippen molar-refractivity contribution in [3.8, 4) is 0 Å². The highest BCUT2D eigenvalue weighted by atomic mass is 19.3. The van der Waals surface area contributed by atoms with Crippen molar-refractivity contribution in [2.45, 2.75) is 38.7 Å². The summed E-state index contributed by atoms with van der Waals surface area (Å²) in [5, 5.41) is 2.94. The number of rotatable bonds is 6. The van der Waals surface area contributed by atoms with Crippen LogP contribution in [0.1, 0.15) is 25.8 Å². The fourth-order valence-corrected chi connectivity index (χ4v) is 1.93. The van der Waals surface area contributed by atoms with Gasteiger partial charge in [0.05, 0.1) is 5.54 Å². The van der Waals surface area contributed by atoms with Gasteiger partial charge >= 0.3 is 0 Å². The highest BCUT2D eigenvalue weighted by Gasteiger charge is 2.37. The third kappa shape index (κ3) is 3.01. The van der Waals surface area contributed by atoms with E-state index in [1.54, 1.807) is 6.92 Å². The predicted octanol–water partition coefficient (Wildman–Crippen LogP) is 3.25. The Hall–Kier alpha value is -0.960. The van der Waals surface area contributed by atoms with Crippen LogP contribution in [0, 0.1) is 0 Å². The van der Waals surface area contributed by atoms with E-state index >= 15 is 0 Å². The molecule has 3 heteroatoms. The fourth-order valence-electron chi connectivity index (χ4n) is 1.93. The number of hydrogen-bond donors (Lipinski definition) is 1. The van der Waals surface area contributed by atoms with Gasteiger partial charge in [0.25, 0.3) is 6.43 Å². The van der Waals surface area contributed by atoms with Gasteiger partial charge in [-0.05, 0) is 24.9 Å². The quantitative estimate of drug-likeness (QED) is 0.786. The molecular weight excluding hydrogens is 208 g/mol. The first kappa shape index (κ1) is 13.1. The highest BCUT2D eigenvalue weighted by molar-refractivity contribution is 5.18. The minimum atomic E-state index is -2.35. The minimum Gasteiger partial charge on any atom is -0.306 e. The van der Waals surface area contributed by atoms with Crippen LogP contribution in [0.3, 0.4) is 0 Å². The zero-order valence-corrected chi connectivity index (χ0v) is 9.84. The minimum absolute atomic E-state index is 0.371. The van der Waals surface area contributed by atoms with Crippen LogP contribution in [-0.4, -0.2) is 18.5 Å². The Bertz CT molecular complexity index is 300. The highest BCUT2D eigenvalue weighted by Crippen LogP contribution is 2.24. The largest absolute Gasteiger partial charge is 0.306 e. The summed E-state index contributed by atoms with van der Waals surface area (Å²) in [4.78, 5) is 0. The SMILES string of the molecule is CCNC(CC)(Cc1ccccc1)C(F)F. The lowest BCUT2D eigenvalue weighted by atomic mass is 9.88. The molecule has 90 valence electrons. The molecule has 1 aromatic carbocycles. The van der Waals surface area contributed by atoms with Crippen LogP contribution in [0.4, 0.5) is 8.78 Å². The Kier molecular flexibility index (Phi) is 4.87. The molecule has 1 atom stereocenters. The first-order valence-electron chi connectivity index (χ1n) is 5.71. The maximum Gasteiger partial charge on any atom is 0.256 e. The van der Waals surface area contributed by atoms with Crippen molar-refractivity contribution in [3.63, 3.8) is 0 Å². The maximum absolute atomic E-state index is 13.2. The van der Waals surface area contributed by atoms with E-state index in [-0.39, 0.29) is 0 Å². The molecule has 16 heavy (non-hydrogen) atoms. The molecule has 0 aromatic heterocycles. The van der Waals surface area contributed by atoms with Gasteiger partial charge in [0.2, 0.25) is 0 Å². The summed E-state index contributed by atoms with van der Waals surface area (Å²) in [7, 11) is 0.